The van der Waals surface area contributed by atoms with E-state index in [4.69, 9.17) is 4.74 Å². The van der Waals surface area contributed by atoms with Gasteiger partial charge in [0.2, 0.25) is 0 Å². The van der Waals surface area contributed by atoms with E-state index in [9.17, 15) is 9.18 Å². The number of carbonyl (C=O) groups is 1. The van der Waals surface area contributed by atoms with Crippen molar-refractivity contribution in [3.05, 3.63) is 71.0 Å². The molecule has 1 heterocycles. The molecule has 0 radical (unpaired) electrons. The van der Waals surface area contributed by atoms with E-state index in [1.165, 1.54) is 12.1 Å². The predicted molar refractivity (Wildman–Crippen MR) is 95.0 cm³/mol. The maximum Gasteiger partial charge on any atom is 0.254 e. The molecule has 1 N–H and O–H groups in total. The van der Waals surface area contributed by atoms with Crippen molar-refractivity contribution in [3.8, 4) is 0 Å². The fourth-order valence-corrected chi connectivity index (χ4v) is 2.96. The van der Waals surface area contributed by atoms with Crippen LogP contribution in [0.4, 0.5) is 4.39 Å². The SMILES string of the molecule is Cc1ccc([C@@H](CN2CCOCC2)NC(=O)c2ccccc2F)cc1. The van der Waals surface area contributed by atoms with Crippen LogP contribution in [0.5, 0.6) is 0 Å². The summed E-state index contributed by atoms with van der Waals surface area (Å²) in [5, 5.41) is 3.00. The lowest BCUT2D eigenvalue weighted by atomic mass is 10.0. The van der Waals surface area contributed by atoms with Crippen LogP contribution in [0.15, 0.2) is 48.5 Å². The van der Waals surface area contributed by atoms with E-state index in [0.717, 1.165) is 24.2 Å². The van der Waals surface area contributed by atoms with Crippen LogP contribution in [0, 0.1) is 12.7 Å². The Labute approximate surface area is 147 Å². The van der Waals surface area contributed by atoms with Gasteiger partial charge in [0, 0.05) is 19.6 Å². The van der Waals surface area contributed by atoms with Gasteiger partial charge in [-0.15, -0.1) is 0 Å². The minimum atomic E-state index is -0.506. The highest BCUT2D eigenvalue weighted by Gasteiger charge is 2.21. The lowest BCUT2D eigenvalue weighted by molar-refractivity contribution is 0.0332. The molecule has 5 heteroatoms. The van der Waals surface area contributed by atoms with Gasteiger partial charge in [-0.25, -0.2) is 4.39 Å². The van der Waals surface area contributed by atoms with Gasteiger partial charge < -0.3 is 10.1 Å². The number of nitrogens with zero attached hydrogens (tertiary/aromatic N) is 1. The van der Waals surface area contributed by atoms with Crippen molar-refractivity contribution in [2.45, 2.75) is 13.0 Å². The van der Waals surface area contributed by atoms with Crippen molar-refractivity contribution >= 4 is 5.91 Å². The van der Waals surface area contributed by atoms with Gasteiger partial charge in [0.05, 0.1) is 24.8 Å². The highest BCUT2D eigenvalue weighted by atomic mass is 19.1. The van der Waals surface area contributed by atoms with E-state index < -0.39 is 11.7 Å². The van der Waals surface area contributed by atoms with Crippen LogP contribution in [0.3, 0.4) is 0 Å². The number of hydrogen-bond donors (Lipinski definition) is 1. The van der Waals surface area contributed by atoms with Crippen molar-refractivity contribution in [2.75, 3.05) is 32.8 Å². The highest BCUT2D eigenvalue weighted by Crippen LogP contribution is 2.18. The highest BCUT2D eigenvalue weighted by molar-refractivity contribution is 5.94. The zero-order valence-corrected chi connectivity index (χ0v) is 14.4. The number of aryl methyl sites for hydroxylation is 1. The normalized spacial score (nSPS) is 16.4. The van der Waals surface area contributed by atoms with Gasteiger partial charge in [-0.1, -0.05) is 42.0 Å². The number of amides is 1. The number of rotatable bonds is 5. The smallest absolute Gasteiger partial charge is 0.254 e. The molecule has 1 aliphatic rings. The summed E-state index contributed by atoms with van der Waals surface area (Å²) in [5.41, 5.74) is 2.25. The molecule has 132 valence electrons. The molecule has 0 spiro atoms. The molecule has 0 bridgehead atoms. The monoisotopic (exact) mass is 342 g/mol. The average Bonchev–Trinajstić information content (AvgIpc) is 2.63. The summed E-state index contributed by atoms with van der Waals surface area (Å²) >= 11 is 0. The molecule has 2 aromatic carbocycles. The first kappa shape index (κ1) is 17.6. The van der Waals surface area contributed by atoms with Crippen molar-refractivity contribution in [1.82, 2.24) is 10.2 Å². The number of ether oxygens (including phenoxy) is 1. The molecule has 2 aromatic rings. The summed E-state index contributed by atoms with van der Waals surface area (Å²) < 4.78 is 19.3. The summed E-state index contributed by atoms with van der Waals surface area (Å²) in [7, 11) is 0. The number of benzene rings is 2. The first-order chi connectivity index (χ1) is 12.1. The van der Waals surface area contributed by atoms with Gasteiger partial charge in [-0.2, -0.15) is 0 Å². The standard InChI is InChI=1S/C20H23FN2O2/c1-15-6-8-16(9-7-15)19(14-23-10-12-25-13-11-23)22-20(24)17-4-2-3-5-18(17)21/h2-9,19H,10-14H2,1H3,(H,22,24)/t19-/m1/s1. The van der Waals surface area contributed by atoms with Crippen LogP contribution in [0.1, 0.15) is 27.5 Å². The Morgan fingerprint density at radius 2 is 1.84 bits per heavy atom. The maximum atomic E-state index is 13.9. The van der Waals surface area contributed by atoms with Crippen molar-refractivity contribution in [2.24, 2.45) is 0 Å². The second-order valence-corrected chi connectivity index (χ2v) is 6.33. The van der Waals surface area contributed by atoms with Crippen LogP contribution in [-0.4, -0.2) is 43.7 Å². The molecule has 3 rings (SSSR count). The summed E-state index contributed by atoms with van der Waals surface area (Å²) in [5.74, 6) is -0.897. The van der Waals surface area contributed by atoms with E-state index >= 15 is 0 Å². The Morgan fingerprint density at radius 1 is 1.16 bits per heavy atom. The molecular formula is C20H23FN2O2. The molecular weight excluding hydrogens is 319 g/mol. The molecule has 1 amide bonds. The van der Waals surface area contributed by atoms with Gasteiger partial charge in [-0.05, 0) is 24.6 Å². The average molecular weight is 342 g/mol. The van der Waals surface area contributed by atoms with Gasteiger partial charge in [0.25, 0.3) is 5.91 Å². The van der Waals surface area contributed by atoms with E-state index in [1.54, 1.807) is 12.1 Å². The molecule has 25 heavy (non-hydrogen) atoms. The molecule has 1 saturated heterocycles. The zero-order valence-electron chi connectivity index (χ0n) is 14.4. The Kier molecular flexibility index (Phi) is 5.79. The van der Waals surface area contributed by atoms with Crippen LogP contribution >= 0.6 is 0 Å². The Bertz CT molecular complexity index is 712. The lowest BCUT2D eigenvalue weighted by Gasteiger charge is -2.31. The van der Waals surface area contributed by atoms with Crippen LogP contribution in [0.2, 0.25) is 0 Å². The number of carbonyl (C=O) groups excluding carboxylic acids is 1. The summed E-state index contributed by atoms with van der Waals surface area (Å²) in [4.78, 5) is 14.8. The number of hydrogen-bond acceptors (Lipinski definition) is 3. The molecule has 0 aliphatic carbocycles. The Hall–Kier alpha value is -2.24. The largest absolute Gasteiger partial charge is 0.379 e. The van der Waals surface area contributed by atoms with Crippen molar-refractivity contribution < 1.29 is 13.9 Å². The van der Waals surface area contributed by atoms with Gasteiger partial charge >= 0.3 is 0 Å². The van der Waals surface area contributed by atoms with E-state index in [-0.39, 0.29) is 11.6 Å². The summed E-state index contributed by atoms with van der Waals surface area (Å²) in [6, 6.07) is 13.9. The maximum absolute atomic E-state index is 13.9. The van der Waals surface area contributed by atoms with Gasteiger partial charge in [-0.3, -0.25) is 9.69 Å². The van der Waals surface area contributed by atoms with Crippen molar-refractivity contribution in [3.63, 3.8) is 0 Å². The predicted octanol–water partition coefficient (Wildman–Crippen LogP) is 2.94. The first-order valence-corrected chi connectivity index (χ1v) is 8.55. The van der Waals surface area contributed by atoms with E-state index in [2.05, 4.69) is 10.2 Å². The van der Waals surface area contributed by atoms with Crippen molar-refractivity contribution in [1.29, 1.82) is 0 Å². The fourth-order valence-electron chi connectivity index (χ4n) is 2.96. The minimum Gasteiger partial charge on any atom is -0.379 e. The van der Waals surface area contributed by atoms with Crippen LogP contribution < -0.4 is 5.32 Å². The summed E-state index contributed by atoms with van der Waals surface area (Å²) in [6.45, 7) is 5.75. The lowest BCUT2D eigenvalue weighted by Crippen LogP contribution is -2.43. The number of nitrogens with one attached hydrogen (secondary N) is 1. The molecule has 4 nitrogen and oxygen atoms in total. The fraction of sp³-hybridized carbons (Fsp3) is 0.350. The Morgan fingerprint density at radius 3 is 2.52 bits per heavy atom. The van der Waals surface area contributed by atoms with Crippen LogP contribution in [-0.2, 0) is 4.74 Å². The molecule has 0 unspecified atom stereocenters. The van der Waals surface area contributed by atoms with Crippen LogP contribution in [0.25, 0.3) is 0 Å². The summed E-state index contributed by atoms with van der Waals surface area (Å²) in [6.07, 6.45) is 0. The third-order valence-corrected chi connectivity index (χ3v) is 4.45. The molecule has 1 atom stereocenters. The van der Waals surface area contributed by atoms with E-state index in [1.807, 2.05) is 31.2 Å². The van der Waals surface area contributed by atoms with E-state index in [0.29, 0.717) is 19.8 Å². The quantitative estimate of drug-likeness (QED) is 0.908. The molecule has 0 aromatic heterocycles. The third kappa shape index (κ3) is 4.65. The minimum absolute atomic E-state index is 0.0709. The molecule has 1 fully saturated rings. The zero-order chi connectivity index (χ0) is 17.6. The third-order valence-electron chi connectivity index (χ3n) is 4.45. The number of halogens is 1. The first-order valence-electron chi connectivity index (χ1n) is 8.55. The molecule has 0 saturated carbocycles. The topological polar surface area (TPSA) is 41.6 Å². The molecule has 1 aliphatic heterocycles. The second-order valence-electron chi connectivity index (χ2n) is 6.33. The second kappa shape index (κ2) is 8.23. The van der Waals surface area contributed by atoms with Gasteiger partial charge in [0.15, 0.2) is 0 Å². The number of morpholine rings is 1. The van der Waals surface area contributed by atoms with Gasteiger partial charge in [0.1, 0.15) is 5.82 Å². The Balaban J connectivity index is 1.78.